The number of benzene rings is 1. The maximum absolute atomic E-state index is 5.76. The molecule has 0 bridgehead atoms. The lowest BCUT2D eigenvalue weighted by Gasteiger charge is -2.13. The molecule has 0 aromatic heterocycles. The van der Waals surface area contributed by atoms with E-state index >= 15 is 0 Å². The van der Waals surface area contributed by atoms with Crippen molar-refractivity contribution in [3.63, 3.8) is 0 Å². The minimum Gasteiger partial charge on any atom is -0.491 e. The number of nitrogens with one attached hydrogen (secondary N) is 1. The summed E-state index contributed by atoms with van der Waals surface area (Å²) in [5, 5.41) is 3.31. The zero-order valence-electron chi connectivity index (χ0n) is 12.3. The zero-order valence-corrected chi connectivity index (χ0v) is 12.3. The fraction of sp³-hybridized carbons (Fsp3) is 0.600. The van der Waals surface area contributed by atoms with E-state index in [4.69, 9.17) is 9.47 Å². The Hall–Kier alpha value is -1.10. The van der Waals surface area contributed by atoms with Crippen LogP contribution >= 0.6 is 0 Å². The summed E-state index contributed by atoms with van der Waals surface area (Å²) in [6.45, 7) is 6.81. The van der Waals surface area contributed by atoms with Crippen LogP contribution in [0.1, 0.15) is 12.5 Å². The van der Waals surface area contributed by atoms with Gasteiger partial charge in [-0.3, -0.25) is 0 Å². The molecular formula is C15H26N2O2. The van der Waals surface area contributed by atoms with Crippen LogP contribution in [0.5, 0.6) is 5.75 Å². The van der Waals surface area contributed by atoms with Crippen LogP contribution in [0.15, 0.2) is 24.3 Å². The van der Waals surface area contributed by atoms with Gasteiger partial charge in [-0.1, -0.05) is 25.1 Å². The molecule has 1 N–H and O–H groups in total. The first kappa shape index (κ1) is 16.0. The monoisotopic (exact) mass is 266 g/mol. The lowest BCUT2D eigenvalue weighted by atomic mass is 10.2. The highest BCUT2D eigenvalue weighted by Crippen LogP contribution is 2.17. The summed E-state index contributed by atoms with van der Waals surface area (Å²) in [6, 6.07) is 8.13. The van der Waals surface area contributed by atoms with E-state index in [9.17, 15) is 0 Å². The lowest BCUT2D eigenvalue weighted by Crippen LogP contribution is -2.19. The van der Waals surface area contributed by atoms with Gasteiger partial charge in [-0.25, -0.2) is 0 Å². The van der Waals surface area contributed by atoms with Crippen LogP contribution in [-0.2, 0) is 11.3 Å². The normalized spacial score (nSPS) is 10.9. The van der Waals surface area contributed by atoms with Crippen molar-refractivity contribution in [1.29, 1.82) is 0 Å². The summed E-state index contributed by atoms with van der Waals surface area (Å²) >= 11 is 0. The predicted molar refractivity (Wildman–Crippen MR) is 78.7 cm³/mol. The van der Waals surface area contributed by atoms with Crippen LogP contribution in [0.4, 0.5) is 0 Å². The fourth-order valence-electron chi connectivity index (χ4n) is 1.61. The van der Waals surface area contributed by atoms with Gasteiger partial charge in [-0.15, -0.1) is 0 Å². The molecule has 0 amide bonds. The maximum Gasteiger partial charge on any atom is 0.123 e. The van der Waals surface area contributed by atoms with Crippen LogP contribution in [0, 0.1) is 0 Å². The SMILES string of the molecule is CCNCc1ccccc1OCCOCCN(C)C. The number of nitrogens with zero attached hydrogens (tertiary/aromatic N) is 1. The molecule has 0 saturated heterocycles. The van der Waals surface area contributed by atoms with E-state index in [-0.39, 0.29) is 0 Å². The second kappa shape index (κ2) is 9.78. The molecule has 0 aliphatic heterocycles. The molecule has 0 atom stereocenters. The topological polar surface area (TPSA) is 33.7 Å². The van der Waals surface area contributed by atoms with Crippen molar-refractivity contribution in [2.24, 2.45) is 0 Å². The zero-order chi connectivity index (χ0) is 13.9. The summed E-state index contributed by atoms with van der Waals surface area (Å²) < 4.78 is 11.3. The van der Waals surface area contributed by atoms with Gasteiger partial charge in [0, 0.05) is 18.7 Å². The number of likely N-dealkylation sites (N-methyl/N-ethyl adjacent to an activating group) is 1. The highest BCUT2D eigenvalue weighted by atomic mass is 16.5. The summed E-state index contributed by atoms with van der Waals surface area (Å²) in [6.07, 6.45) is 0. The van der Waals surface area contributed by atoms with Crippen LogP contribution < -0.4 is 10.1 Å². The average Bonchev–Trinajstić information content (AvgIpc) is 2.41. The first-order valence-electron chi connectivity index (χ1n) is 6.88. The molecule has 4 heteroatoms. The molecule has 0 spiro atoms. The van der Waals surface area contributed by atoms with Gasteiger partial charge in [0.05, 0.1) is 13.2 Å². The minimum absolute atomic E-state index is 0.594. The quantitative estimate of drug-likeness (QED) is 0.654. The van der Waals surface area contributed by atoms with Crippen molar-refractivity contribution in [1.82, 2.24) is 10.2 Å². The van der Waals surface area contributed by atoms with E-state index in [1.807, 2.05) is 32.3 Å². The van der Waals surface area contributed by atoms with Crippen LogP contribution in [0.25, 0.3) is 0 Å². The van der Waals surface area contributed by atoms with Crippen LogP contribution in [0.3, 0.4) is 0 Å². The van der Waals surface area contributed by atoms with E-state index in [1.165, 1.54) is 5.56 Å². The largest absolute Gasteiger partial charge is 0.491 e. The number of para-hydroxylation sites is 1. The molecule has 1 aromatic carbocycles. The van der Waals surface area contributed by atoms with Gasteiger partial charge < -0.3 is 19.7 Å². The Labute approximate surface area is 116 Å². The van der Waals surface area contributed by atoms with Gasteiger partial charge in [0.1, 0.15) is 12.4 Å². The Balaban J connectivity index is 2.24. The number of hydrogen-bond acceptors (Lipinski definition) is 4. The van der Waals surface area contributed by atoms with Crippen molar-refractivity contribution < 1.29 is 9.47 Å². The third-order valence-corrected chi connectivity index (χ3v) is 2.71. The molecule has 108 valence electrons. The van der Waals surface area contributed by atoms with Gasteiger partial charge in [0.15, 0.2) is 0 Å². The fourth-order valence-corrected chi connectivity index (χ4v) is 1.61. The van der Waals surface area contributed by atoms with Crippen molar-refractivity contribution in [2.45, 2.75) is 13.5 Å². The van der Waals surface area contributed by atoms with E-state index in [0.29, 0.717) is 13.2 Å². The Morgan fingerprint density at radius 2 is 1.89 bits per heavy atom. The van der Waals surface area contributed by atoms with Gasteiger partial charge in [-0.05, 0) is 26.7 Å². The second-order valence-electron chi connectivity index (χ2n) is 4.65. The Morgan fingerprint density at radius 1 is 1.11 bits per heavy atom. The van der Waals surface area contributed by atoms with Gasteiger partial charge >= 0.3 is 0 Å². The molecule has 0 saturated carbocycles. The second-order valence-corrected chi connectivity index (χ2v) is 4.65. The lowest BCUT2D eigenvalue weighted by molar-refractivity contribution is 0.0887. The molecule has 0 aliphatic rings. The molecule has 19 heavy (non-hydrogen) atoms. The Morgan fingerprint density at radius 3 is 2.63 bits per heavy atom. The maximum atomic E-state index is 5.76. The third kappa shape index (κ3) is 7.15. The molecule has 0 aliphatic carbocycles. The molecule has 0 unspecified atom stereocenters. The van der Waals surface area contributed by atoms with Gasteiger partial charge in [-0.2, -0.15) is 0 Å². The predicted octanol–water partition coefficient (Wildman–Crippen LogP) is 1.75. The smallest absolute Gasteiger partial charge is 0.123 e. The Kier molecular flexibility index (Phi) is 8.21. The molecule has 4 nitrogen and oxygen atoms in total. The van der Waals surface area contributed by atoms with E-state index in [2.05, 4.69) is 23.2 Å². The first-order valence-corrected chi connectivity index (χ1v) is 6.88. The summed E-state index contributed by atoms with van der Waals surface area (Å²) in [5.41, 5.74) is 1.19. The summed E-state index contributed by atoms with van der Waals surface area (Å²) in [5.74, 6) is 0.944. The van der Waals surface area contributed by atoms with E-state index in [0.717, 1.165) is 32.0 Å². The number of hydrogen-bond donors (Lipinski definition) is 1. The van der Waals surface area contributed by atoms with Crippen molar-refractivity contribution >= 4 is 0 Å². The van der Waals surface area contributed by atoms with Crippen LogP contribution in [0.2, 0.25) is 0 Å². The standard InChI is InChI=1S/C15H26N2O2/c1-4-16-13-14-7-5-6-8-15(14)19-12-11-18-10-9-17(2)3/h5-8,16H,4,9-13H2,1-3H3. The van der Waals surface area contributed by atoms with Crippen molar-refractivity contribution in [3.05, 3.63) is 29.8 Å². The molecule has 0 fully saturated rings. The number of rotatable bonds is 10. The van der Waals surface area contributed by atoms with Crippen molar-refractivity contribution in [2.75, 3.05) is 47.0 Å². The third-order valence-electron chi connectivity index (χ3n) is 2.71. The molecule has 1 aromatic rings. The molecule has 1 rings (SSSR count). The highest BCUT2D eigenvalue weighted by molar-refractivity contribution is 5.33. The number of ether oxygens (including phenoxy) is 2. The van der Waals surface area contributed by atoms with Gasteiger partial charge in [0.25, 0.3) is 0 Å². The van der Waals surface area contributed by atoms with Gasteiger partial charge in [0.2, 0.25) is 0 Å². The first-order chi connectivity index (χ1) is 9.24. The van der Waals surface area contributed by atoms with Crippen LogP contribution in [-0.4, -0.2) is 51.9 Å². The average molecular weight is 266 g/mol. The molecular weight excluding hydrogens is 240 g/mol. The van der Waals surface area contributed by atoms with E-state index < -0.39 is 0 Å². The summed E-state index contributed by atoms with van der Waals surface area (Å²) in [7, 11) is 4.08. The molecule has 0 radical (unpaired) electrons. The summed E-state index contributed by atoms with van der Waals surface area (Å²) in [4.78, 5) is 2.10. The highest BCUT2D eigenvalue weighted by Gasteiger charge is 2.01. The van der Waals surface area contributed by atoms with Crippen molar-refractivity contribution in [3.8, 4) is 5.75 Å². The minimum atomic E-state index is 0.594. The molecule has 0 heterocycles. The van der Waals surface area contributed by atoms with E-state index in [1.54, 1.807) is 0 Å². The Bertz CT molecular complexity index is 343.